The number of nitrogens with one attached hydrogen (secondary N) is 6. The Balaban J connectivity index is 0.000000186. The lowest BCUT2D eigenvalue weighted by molar-refractivity contribution is 0.852. The fourth-order valence-electron chi connectivity index (χ4n) is 8.54. The van der Waals surface area contributed by atoms with E-state index in [0.29, 0.717) is 0 Å². The van der Waals surface area contributed by atoms with Crippen molar-refractivity contribution in [1.82, 2.24) is 0 Å². The van der Waals surface area contributed by atoms with Crippen molar-refractivity contribution < 1.29 is 0 Å². The summed E-state index contributed by atoms with van der Waals surface area (Å²) in [6, 6.07) is 91.4. The lowest BCUT2D eigenvalue weighted by Crippen LogP contribution is -2.10. The van der Waals surface area contributed by atoms with E-state index in [9.17, 15) is 0 Å². The highest BCUT2D eigenvalue weighted by Crippen LogP contribution is 2.28. The molecule has 0 saturated carbocycles. The molecule has 76 heavy (non-hydrogen) atoms. The molecule has 0 spiro atoms. The number of hydrogen-bond acceptors (Lipinski definition) is 8. The fraction of sp³-hybridized carbons (Fsp3) is 0.0882. The molecule has 8 heteroatoms. The second-order valence-corrected chi connectivity index (χ2v) is 18.6. The van der Waals surface area contributed by atoms with Crippen LogP contribution in [0.1, 0.15) is 62.0 Å². The van der Waals surface area contributed by atoms with Crippen molar-refractivity contribution in [2.24, 2.45) is 9.98 Å². The molecule has 6 N–H and O–H groups in total. The van der Waals surface area contributed by atoms with Crippen LogP contribution in [0, 0.1) is 0 Å². The molecule has 0 aliphatic carbocycles. The van der Waals surface area contributed by atoms with Gasteiger partial charge in [0.1, 0.15) is 0 Å². The lowest BCUT2D eigenvalue weighted by atomic mass is 10.0. The maximum Gasteiger partial charge on any atom is 0.0634 e. The lowest BCUT2D eigenvalue weighted by Gasteiger charge is -2.20. The van der Waals surface area contributed by atoms with Gasteiger partial charge in [-0.3, -0.25) is 9.98 Å². The van der Waals surface area contributed by atoms with Crippen LogP contribution in [0.4, 0.5) is 68.2 Å². The van der Waals surface area contributed by atoms with Crippen LogP contribution in [0.5, 0.6) is 0 Å². The standard InChI is InChI=1S/C34H34N4.C34H30N4/c2*1-25(35-31-16-20-33(21-17-31)37-29-12-5-3-6-13-29)27-10-9-11-28(24-27)26(2)36-32-18-22-34(23-19-32)38-30-14-7-4-8-15-30/h3-26,35-38H,1-2H3;3-24,37-38H,1-2H3. The average molecular weight is 993 g/mol. The van der Waals surface area contributed by atoms with Gasteiger partial charge in [0.25, 0.3) is 0 Å². The Labute approximate surface area is 448 Å². The van der Waals surface area contributed by atoms with Crippen molar-refractivity contribution in [2.45, 2.75) is 39.8 Å². The molecule has 0 aromatic heterocycles. The topological polar surface area (TPSA) is 96.9 Å². The van der Waals surface area contributed by atoms with E-state index >= 15 is 0 Å². The molecule has 10 aromatic carbocycles. The maximum absolute atomic E-state index is 4.85. The minimum Gasteiger partial charge on any atom is -0.379 e. The quantitative estimate of drug-likeness (QED) is 0.0480. The number of anilines is 10. The highest BCUT2D eigenvalue weighted by Gasteiger charge is 2.11. The first-order chi connectivity index (χ1) is 37.2. The first-order valence-corrected chi connectivity index (χ1v) is 25.8. The average Bonchev–Trinajstić information content (AvgIpc) is 3.46. The van der Waals surface area contributed by atoms with Crippen LogP contribution in [0.25, 0.3) is 0 Å². The molecule has 8 nitrogen and oxygen atoms in total. The number of benzene rings is 10. The van der Waals surface area contributed by atoms with Crippen LogP contribution in [0.15, 0.2) is 277 Å². The summed E-state index contributed by atoms with van der Waals surface area (Å²) in [5.74, 6) is 0. The molecule has 0 amide bonds. The summed E-state index contributed by atoms with van der Waals surface area (Å²) in [5, 5.41) is 20.9. The normalized spacial score (nSPS) is 12.0. The second kappa shape index (κ2) is 25.8. The van der Waals surface area contributed by atoms with E-state index in [4.69, 9.17) is 9.98 Å². The van der Waals surface area contributed by atoms with E-state index in [2.05, 4.69) is 167 Å². The zero-order valence-electron chi connectivity index (χ0n) is 43.5. The molecule has 2 unspecified atom stereocenters. The summed E-state index contributed by atoms with van der Waals surface area (Å²) < 4.78 is 0. The highest BCUT2D eigenvalue weighted by atomic mass is 14.9. The van der Waals surface area contributed by atoms with E-state index in [-0.39, 0.29) is 12.1 Å². The number of aliphatic imine (C=N–C) groups is 2. The molecule has 10 aromatic rings. The van der Waals surface area contributed by atoms with E-state index < -0.39 is 0 Å². The zero-order chi connectivity index (χ0) is 52.3. The molecule has 10 rings (SSSR count). The SMILES string of the molecule is CC(=Nc1ccc(Nc2ccccc2)cc1)c1cccc(C(C)=Nc2ccc(Nc3ccccc3)cc2)c1.CC(Nc1ccc(Nc2ccccc2)cc1)c1cccc(C(C)Nc2ccc(Nc3ccccc3)cc2)c1. The Morgan fingerprint density at radius 1 is 0.276 bits per heavy atom. The van der Waals surface area contributed by atoms with Crippen LogP contribution in [0.2, 0.25) is 0 Å². The van der Waals surface area contributed by atoms with Gasteiger partial charge in [-0.15, -0.1) is 0 Å². The molecule has 0 bridgehead atoms. The molecule has 0 heterocycles. The predicted molar refractivity (Wildman–Crippen MR) is 325 cm³/mol. The van der Waals surface area contributed by atoms with Gasteiger partial charge in [0.05, 0.1) is 11.4 Å². The molecule has 0 fully saturated rings. The number of para-hydroxylation sites is 4. The Morgan fingerprint density at radius 2 is 0.539 bits per heavy atom. The summed E-state index contributed by atoms with van der Waals surface area (Å²) in [7, 11) is 0. The fourth-order valence-corrected chi connectivity index (χ4v) is 8.54. The van der Waals surface area contributed by atoms with Gasteiger partial charge >= 0.3 is 0 Å². The second-order valence-electron chi connectivity index (χ2n) is 18.6. The minimum atomic E-state index is 0.179. The van der Waals surface area contributed by atoms with E-state index in [1.165, 1.54) is 11.1 Å². The summed E-state index contributed by atoms with van der Waals surface area (Å²) in [6.07, 6.45) is 0. The maximum atomic E-state index is 4.85. The van der Waals surface area contributed by atoms with Crippen molar-refractivity contribution in [3.63, 3.8) is 0 Å². The first-order valence-electron chi connectivity index (χ1n) is 25.8. The van der Waals surface area contributed by atoms with Crippen LogP contribution >= 0.6 is 0 Å². The number of rotatable bonds is 18. The van der Waals surface area contributed by atoms with Crippen molar-refractivity contribution in [3.05, 3.63) is 289 Å². The summed E-state index contributed by atoms with van der Waals surface area (Å²) in [6.45, 7) is 8.48. The third-order valence-corrected chi connectivity index (χ3v) is 12.7. The third kappa shape index (κ3) is 15.2. The monoisotopic (exact) mass is 993 g/mol. The van der Waals surface area contributed by atoms with Crippen LogP contribution in [-0.4, -0.2) is 11.4 Å². The molecule has 0 aliphatic heterocycles. The predicted octanol–water partition coefficient (Wildman–Crippen LogP) is 19.0. The molecule has 0 radical (unpaired) electrons. The smallest absolute Gasteiger partial charge is 0.0634 e. The van der Waals surface area contributed by atoms with Crippen molar-refractivity contribution in [2.75, 3.05) is 31.9 Å². The molecule has 0 aliphatic rings. The zero-order valence-corrected chi connectivity index (χ0v) is 43.5. The molecule has 376 valence electrons. The largest absolute Gasteiger partial charge is 0.379 e. The summed E-state index contributed by atoms with van der Waals surface area (Å²) >= 11 is 0. The number of nitrogens with zero attached hydrogens (tertiary/aromatic N) is 2. The molecular weight excluding hydrogens is 929 g/mol. The summed E-state index contributed by atoms with van der Waals surface area (Å²) in [4.78, 5) is 9.70. The minimum absolute atomic E-state index is 0.179. The Bertz CT molecular complexity index is 3190. The van der Waals surface area contributed by atoms with Crippen molar-refractivity contribution in [1.29, 1.82) is 0 Å². The van der Waals surface area contributed by atoms with E-state index in [1.54, 1.807) is 0 Å². The van der Waals surface area contributed by atoms with Gasteiger partial charge in [-0.25, -0.2) is 0 Å². The van der Waals surface area contributed by atoms with Gasteiger partial charge in [0, 0.05) is 80.4 Å². The van der Waals surface area contributed by atoms with Gasteiger partial charge in [-0.2, -0.15) is 0 Å². The van der Waals surface area contributed by atoms with Gasteiger partial charge < -0.3 is 31.9 Å². The Morgan fingerprint density at radius 3 is 0.855 bits per heavy atom. The molecular formula is C68H64N8. The van der Waals surface area contributed by atoms with Crippen LogP contribution in [0.3, 0.4) is 0 Å². The highest BCUT2D eigenvalue weighted by molar-refractivity contribution is 6.05. The Hall–Kier alpha value is -9.66. The van der Waals surface area contributed by atoms with Crippen molar-refractivity contribution >= 4 is 79.7 Å². The van der Waals surface area contributed by atoms with Gasteiger partial charge in [-0.1, -0.05) is 115 Å². The third-order valence-electron chi connectivity index (χ3n) is 12.7. The van der Waals surface area contributed by atoms with E-state index in [0.717, 1.165) is 90.8 Å². The first kappa shape index (κ1) is 51.2. The molecule has 2 atom stereocenters. The van der Waals surface area contributed by atoms with Gasteiger partial charge in [-0.05, 0) is 202 Å². The molecule has 0 saturated heterocycles. The van der Waals surface area contributed by atoms with Crippen LogP contribution < -0.4 is 31.9 Å². The van der Waals surface area contributed by atoms with Gasteiger partial charge in [0.15, 0.2) is 0 Å². The van der Waals surface area contributed by atoms with Crippen molar-refractivity contribution in [3.8, 4) is 0 Å². The van der Waals surface area contributed by atoms with E-state index in [1.807, 2.05) is 159 Å². The van der Waals surface area contributed by atoms with Gasteiger partial charge in [0.2, 0.25) is 0 Å². The van der Waals surface area contributed by atoms with Crippen LogP contribution in [-0.2, 0) is 0 Å². The summed E-state index contributed by atoms with van der Waals surface area (Å²) in [5.41, 5.74) is 19.1. The Kier molecular flexibility index (Phi) is 17.4. The number of hydrogen-bond donors (Lipinski definition) is 6.